The van der Waals surface area contributed by atoms with E-state index < -0.39 is 11.6 Å². The summed E-state index contributed by atoms with van der Waals surface area (Å²) in [5.41, 5.74) is 0. The fourth-order valence-electron chi connectivity index (χ4n) is 2.55. The number of hydrogen-bond acceptors (Lipinski definition) is 3. The van der Waals surface area contributed by atoms with Crippen LogP contribution in [-0.2, 0) is 0 Å². The Morgan fingerprint density at radius 2 is 1.74 bits per heavy atom. The van der Waals surface area contributed by atoms with Crippen molar-refractivity contribution in [3.63, 3.8) is 0 Å². The third-order valence-electron chi connectivity index (χ3n) is 3.84. The molecule has 0 saturated heterocycles. The van der Waals surface area contributed by atoms with Crippen LogP contribution in [0.2, 0.25) is 0 Å². The number of nitrogens with zero attached hydrogens (tertiary/aromatic N) is 1. The summed E-state index contributed by atoms with van der Waals surface area (Å²) in [4.78, 5) is 4.05. The molecule has 5 heteroatoms. The van der Waals surface area contributed by atoms with E-state index in [0.29, 0.717) is 24.4 Å². The van der Waals surface area contributed by atoms with Gasteiger partial charge >= 0.3 is 0 Å². The summed E-state index contributed by atoms with van der Waals surface area (Å²) in [5.74, 6) is 0.338. The largest absolute Gasteiger partial charge is 0.368 e. The number of hydrogen-bond donors (Lipinski definition) is 2. The lowest BCUT2D eigenvalue weighted by Gasteiger charge is -2.19. The first kappa shape index (κ1) is 12.6. The van der Waals surface area contributed by atoms with E-state index in [1.165, 1.54) is 25.7 Å². The zero-order valence-corrected chi connectivity index (χ0v) is 11.0. The van der Waals surface area contributed by atoms with Crippen LogP contribution in [0.3, 0.4) is 0 Å². The number of pyridine rings is 1. The molecule has 1 aromatic heterocycles. The maximum atomic E-state index is 13.8. The molecule has 0 aliphatic heterocycles. The van der Waals surface area contributed by atoms with Gasteiger partial charge in [-0.15, -0.1) is 0 Å². The summed E-state index contributed by atoms with van der Waals surface area (Å²) in [6.07, 6.45) is 4.82. The van der Waals surface area contributed by atoms with Gasteiger partial charge in [0.05, 0.1) is 0 Å². The first-order valence-electron chi connectivity index (χ1n) is 7.05. The van der Waals surface area contributed by atoms with Crippen LogP contribution < -0.4 is 10.6 Å². The highest BCUT2D eigenvalue weighted by molar-refractivity contribution is 5.48. The maximum Gasteiger partial charge on any atom is 0.168 e. The molecule has 1 aromatic rings. The predicted molar refractivity (Wildman–Crippen MR) is 71.2 cm³/mol. The number of halogens is 2. The van der Waals surface area contributed by atoms with Gasteiger partial charge in [-0.2, -0.15) is 0 Å². The zero-order chi connectivity index (χ0) is 13.4. The van der Waals surface area contributed by atoms with Crippen LogP contribution in [0.4, 0.5) is 20.4 Å². The maximum absolute atomic E-state index is 13.8. The Labute approximate surface area is 111 Å². The quantitative estimate of drug-likeness (QED) is 0.829. The van der Waals surface area contributed by atoms with Crippen molar-refractivity contribution < 1.29 is 8.78 Å². The van der Waals surface area contributed by atoms with E-state index in [1.807, 2.05) is 6.92 Å². The van der Waals surface area contributed by atoms with Crippen molar-refractivity contribution in [3.8, 4) is 0 Å². The van der Waals surface area contributed by atoms with Gasteiger partial charge < -0.3 is 10.6 Å². The number of nitrogens with one attached hydrogen (secondary N) is 2. The molecular weight excluding hydrogens is 248 g/mol. The molecule has 0 atom stereocenters. The van der Waals surface area contributed by atoms with Crippen molar-refractivity contribution in [3.05, 3.63) is 17.7 Å². The Hall–Kier alpha value is -1.39. The minimum absolute atomic E-state index is 0.122. The lowest BCUT2D eigenvalue weighted by Crippen LogP contribution is -2.25. The molecule has 2 fully saturated rings. The topological polar surface area (TPSA) is 37.0 Å². The second-order valence-electron chi connectivity index (χ2n) is 5.52. The van der Waals surface area contributed by atoms with Crippen molar-refractivity contribution in [1.29, 1.82) is 0 Å². The van der Waals surface area contributed by atoms with Gasteiger partial charge in [0.2, 0.25) is 0 Å². The second-order valence-corrected chi connectivity index (χ2v) is 5.52. The first-order valence-corrected chi connectivity index (χ1v) is 7.05. The molecule has 0 spiro atoms. The minimum Gasteiger partial charge on any atom is -0.368 e. The predicted octanol–water partition coefficient (Wildman–Crippen LogP) is 3.39. The molecular formula is C14H19F2N3. The second kappa shape index (κ2) is 4.94. The number of rotatable bonds is 6. The molecule has 0 aromatic carbocycles. The highest BCUT2D eigenvalue weighted by atomic mass is 19.1. The summed E-state index contributed by atoms with van der Waals surface area (Å²) >= 11 is 0. The zero-order valence-electron chi connectivity index (χ0n) is 11.0. The average molecular weight is 267 g/mol. The number of anilines is 2. The molecule has 2 aliphatic rings. The third-order valence-corrected chi connectivity index (χ3v) is 3.84. The van der Waals surface area contributed by atoms with E-state index in [2.05, 4.69) is 15.6 Å². The molecule has 0 radical (unpaired) electrons. The normalized spacial score (nSPS) is 18.7. The van der Waals surface area contributed by atoms with Crippen molar-refractivity contribution in [1.82, 2.24) is 4.98 Å². The van der Waals surface area contributed by atoms with Gasteiger partial charge in [-0.25, -0.2) is 13.8 Å². The Bertz CT molecular complexity index is 458. The molecule has 0 bridgehead atoms. The SMILES string of the molecule is CCNc1nc(NC(C2CC2)C2CC2)c(F)cc1F. The molecule has 104 valence electrons. The van der Waals surface area contributed by atoms with Crippen LogP contribution in [0.1, 0.15) is 32.6 Å². The monoisotopic (exact) mass is 267 g/mol. The standard InChI is InChI=1S/C14H19F2N3/c1-2-17-13-10(15)7-11(16)14(19-13)18-12(8-3-4-8)9-5-6-9/h7-9,12H,2-6H2,1H3,(H2,17,18,19). The summed E-state index contributed by atoms with van der Waals surface area (Å²) < 4.78 is 27.3. The van der Waals surface area contributed by atoms with Crippen LogP contribution >= 0.6 is 0 Å². The lowest BCUT2D eigenvalue weighted by molar-refractivity contribution is 0.545. The van der Waals surface area contributed by atoms with Crippen molar-refractivity contribution in [2.45, 2.75) is 38.6 Å². The molecule has 3 rings (SSSR count). The Morgan fingerprint density at radius 3 is 2.26 bits per heavy atom. The average Bonchev–Trinajstić information content (AvgIpc) is 3.25. The molecule has 1 heterocycles. The van der Waals surface area contributed by atoms with Crippen LogP contribution in [-0.4, -0.2) is 17.6 Å². The van der Waals surface area contributed by atoms with Crippen LogP contribution in [0.5, 0.6) is 0 Å². The molecule has 0 amide bonds. The highest BCUT2D eigenvalue weighted by Gasteiger charge is 2.42. The lowest BCUT2D eigenvalue weighted by atomic mass is 10.1. The molecule has 2 N–H and O–H groups in total. The molecule has 19 heavy (non-hydrogen) atoms. The van der Waals surface area contributed by atoms with Crippen molar-refractivity contribution in [2.24, 2.45) is 11.8 Å². The van der Waals surface area contributed by atoms with Crippen molar-refractivity contribution >= 4 is 11.6 Å². The fraction of sp³-hybridized carbons (Fsp3) is 0.643. The van der Waals surface area contributed by atoms with E-state index in [-0.39, 0.29) is 11.6 Å². The third kappa shape index (κ3) is 2.80. The van der Waals surface area contributed by atoms with Gasteiger partial charge in [-0.3, -0.25) is 0 Å². The van der Waals surface area contributed by atoms with Crippen LogP contribution in [0.25, 0.3) is 0 Å². The fourth-order valence-corrected chi connectivity index (χ4v) is 2.55. The summed E-state index contributed by atoms with van der Waals surface area (Å²) in [6.45, 7) is 2.42. The van der Waals surface area contributed by atoms with E-state index >= 15 is 0 Å². The minimum atomic E-state index is -0.640. The van der Waals surface area contributed by atoms with Gasteiger partial charge in [-0.1, -0.05) is 0 Å². The Kier molecular flexibility index (Phi) is 3.29. The Balaban J connectivity index is 1.80. The van der Waals surface area contributed by atoms with E-state index in [4.69, 9.17) is 0 Å². The van der Waals surface area contributed by atoms with Gasteiger partial charge in [0.1, 0.15) is 0 Å². The van der Waals surface area contributed by atoms with Gasteiger partial charge in [0.25, 0.3) is 0 Å². The first-order chi connectivity index (χ1) is 9.19. The summed E-state index contributed by atoms with van der Waals surface area (Å²) in [5, 5.41) is 6.02. The van der Waals surface area contributed by atoms with Crippen molar-refractivity contribution in [2.75, 3.05) is 17.2 Å². The molecule has 0 unspecified atom stereocenters. The number of aromatic nitrogens is 1. The summed E-state index contributed by atoms with van der Waals surface area (Å²) in [7, 11) is 0. The van der Waals surface area contributed by atoms with Crippen LogP contribution in [0, 0.1) is 23.5 Å². The molecule has 2 saturated carbocycles. The highest BCUT2D eigenvalue weighted by Crippen LogP contribution is 2.46. The van der Waals surface area contributed by atoms with Gasteiger partial charge in [0.15, 0.2) is 23.3 Å². The van der Waals surface area contributed by atoms with E-state index in [9.17, 15) is 8.78 Å². The summed E-state index contributed by atoms with van der Waals surface area (Å²) in [6, 6.07) is 1.21. The van der Waals surface area contributed by atoms with E-state index in [0.717, 1.165) is 6.07 Å². The van der Waals surface area contributed by atoms with Gasteiger partial charge in [0, 0.05) is 18.7 Å². The molecule has 2 aliphatic carbocycles. The van der Waals surface area contributed by atoms with E-state index in [1.54, 1.807) is 0 Å². The van der Waals surface area contributed by atoms with Gasteiger partial charge in [-0.05, 0) is 44.4 Å². The van der Waals surface area contributed by atoms with Crippen LogP contribution in [0.15, 0.2) is 6.07 Å². The Morgan fingerprint density at radius 1 is 1.16 bits per heavy atom. The smallest absolute Gasteiger partial charge is 0.168 e. The molecule has 3 nitrogen and oxygen atoms in total.